The molecule has 4 aromatic rings. The highest BCUT2D eigenvalue weighted by Gasteiger charge is 2.52. The molecule has 0 aliphatic rings. The third kappa shape index (κ3) is 5.46. The molecule has 1 heterocycles. The fourth-order valence-electron chi connectivity index (χ4n) is 3.23. The fourth-order valence-corrected chi connectivity index (χ4v) is 11.1. The number of hydrogen-bond donors (Lipinski definition) is 0. The van der Waals surface area contributed by atoms with Crippen LogP contribution in [0, 0.1) is 13.8 Å². The van der Waals surface area contributed by atoms with Gasteiger partial charge < -0.3 is 0 Å². The molecule has 0 amide bonds. The van der Waals surface area contributed by atoms with Gasteiger partial charge in [-0.25, -0.2) is 0 Å². The molecule has 35 heavy (non-hydrogen) atoms. The molecule has 0 atom stereocenters. The highest BCUT2D eigenvalue weighted by molar-refractivity contribution is 8.34. The lowest BCUT2D eigenvalue weighted by atomic mass is 10.2. The van der Waals surface area contributed by atoms with Crippen LogP contribution in [-0.4, -0.2) is 13.9 Å². The van der Waals surface area contributed by atoms with Gasteiger partial charge in [-0.1, -0.05) is 65.4 Å². The molecule has 0 aliphatic heterocycles. The third-order valence-electron chi connectivity index (χ3n) is 4.98. The average Bonchev–Trinajstić information content (AvgIpc) is 3.27. The number of halogens is 3. The van der Waals surface area contributed by atoms with Gasteiger partial charge in [-0.3, -0.25) is 0 Å². The van der Waals surface area contributed by atoms with Gasteiger partial charge in [0.1, 0.15) is 0 Å². The van der Waals surface area contributed by atoms with Crippen molar-refractivity contribution in [3.05, 3.63) is 102 Å². The van der Waals surface area contributed by atoms with Crippen molar-refractivity contribution < 1.29 is 25.2 Å². The molecule has 184 valence electrons. The van der Waals surface area contributed by atoms with E-state index in [0.717, 1.165) is 20.2 Å². The Morgan fingerprint density at radius 1 is 0.743 bits per heavy atom. The Kier molecular flexibility index (Phi) is 7.40. The van der Waals surface area contributed by atoms with Crippen LogP contribution in [0.25, 0.3) is 0 Å². The minimum absolute atomic E-state index is 0.359. The minimum atomic E-state index is -5.93. The summed E-state index contributed by atoms with van der Waals surface area (Å²) in [4.78, 5) is 1.67. The second-order valence-electron chi connectivity index (χ2n) is 7.64. The molecule has 0 saturated heterocycles. The quantitative estimate of drug-likeness (QED) is 0.215. The van der Waals surface area contributed by atoms with Gasteiger partial charge in [0.05, 0.1) is 8.42 Å². The lowest BCUT2D eigenvalue weighted by Gasteiger charge is -2.38. The molecule has 1 aromatic heterocycles. The number of rotatable bonds is 7. The topological polar surface area (TPSA) is 43.4 Å². The van der Waals surface area contributed by atoms with Crippen LogP contribution >= 0.6 is 33.4 Å². The highest BCUT2D eigenvalue weighted by Crippen LogP contribution is 2.72. The van der Waals surface area contributed by atoms with Gasteiger partial charge in [0.25, 0.3) is 0 Å². The second kappa shape index (κ2) is 10.0. The van der Waals surface area contributed by atoms with E-state index in [4.69, 9.17) is 3.63 Å². The van der Waals surface area contributed by atoms with Gasteiger partial charge >= 0.3 is 15.6 Å². The number of thiophene rings is 1. The lowest BCUT2D eigenvalue weighted by Crippen LogP contribution is -2.27. The van der Waals surface area contributed by atoms with Crippen molar-refractivity contribution in [2.75, 3.05) is 0 Å². The van der Waals surface area contributed by atoms with Crippen molar-refractivity contribution in [3.63, 3.8) is 0 Å². The maximum atomic E-state index is 13.6. The molecule has 0 unspecified atom stereocenters. The summed E-state index contributed by atoms with van der Waals surface area (Å²) in [6.07, 6.45) is 0. The third-order valence-corrected chi connectivity index (χ3v) is 12.6. The molecular formula is C25H21F3O3S4. The fraction of sp³-hybridized carbons (Fsp3) is 0.120. The van der Waals surface area contributed by atoms with Gasteiger partial charge in [0, 0.05) is 14.7 Å². The Bertz CT molecular complexity index is 1350. The summed E-state index contributed by atoms with van der Waals surface area (Å²) >= 11 is 2.68. The number of alkyl halides is 3. The zero-order valence-corrected chi connectivity index (χ0v) is 21.9. The van der Waals surface area contributed by atoms with E-state index in [0.29, 0.717) is 14.0 Å². The van der Waals surface area contributed by atoms with Crippen LogP contribution in [0.3, 0.4) is 0 Å². The molecule has 3 aromatic carbocycles. The van der Waals surface area contributed by atoms with E-state index >= 15 is 0 Å². The molecule has 3 nitrogen and oxygen atoms in total. The molecule has 4 rings (SSSR count). The smallest absolute Gasteiger partial charge is 0.199 e. The van der Waals surface area contributed by atoms with Crippen LogP contribution in [0.2, 0.25) is 0 Å². The predicted molar refractivity (Wildman–Crippen MR) is 136 cm³/mol. The van der Waals surface area contributed by atoms with Gasteiger partial charge in [-0.05, 0) is 72.7 Å². The molecule has 0 N–H and O–H groups in total. The molecule has 0 bridgehead atoms. The lowest BCUT2D eigenvalue weighted by molar-refractivity contribution is -0.0496. The van der Waals surface area contributed by atoms with Crippen molar-refractivity contribution in [3.8, 4) is 0 Å². The maximum Gasteiger partial charge on any atom is 0.524 e. The van der Waals surface area contributed by atoms with E-state index in [9.17, 15) is 21.6 Å². The van der Waals surface area contributed by atoms with Crippen LogP contribution in [0.5, 0.6) is 0 Å². The van der Waals surface area contributed by atoms with Crippen LogP contribution in [0.1, 0.15) is 11.1 Å². The summed E-state index contributed by atoms with van der Waals surface area (Å²) in [5.74, 6) is 0. The van der Waals surface area contributed by atoms with Gasteiger partial charge in [-0.2, -0.15) is 25.2 Å². The van der Waals surface area contributed by atoms with Crippen molar-refractivity contribution in [1.82, 2.24) is 0 Å². The van der Waals surface area contributed by atoms with E-state index < -0.39 is 25.9 Å². The zero-order chi connectivity index (χ0) is 25.3. The molecule has 0 radical (unpaired) electrons. The number of aryl methyl sites for hydroxylation is 2. The predicted octanol–water partition coefficient (Wildman–Crippen LogP) is 8.58. The van der Waals surface area contributed by atoms with Crippen LogP contribution in [0.15, 0.2) is 114 Å². The van der Waals surface area contributed by atoms with Crippen molar-refractivity contribution in [2.45, 2.75) is 42.5 Å². The summed E-state index contributed by atoms with van der Waals surface area (Å²) in [5.41, 5.74) is -3.80. The second-order valence-corrected chi connectivity index (χ2v) is 14.8. The standard InChI is InChI=1S/C25H21F3O3S4/c1-18-8-12-21(13-9-18)34(22-14-10-19(2)11-15-22,31-35(29,30)25(26,27)28)24-17-16-23(33-24)32-20-6-4-3-5-7-20/h3-17H,1-2H3. The van der Waals surface area contributed by atoms with E-state index in [2.05, 4.69) is 0 Å². The Morgan fingerprint density at radius 2 is 1.26 bits per heavy atom. The van der Waals surface area contributed by atoms with Crippen molar-refractivity contribution >= 4 is 43.5 Å². The number of benzene rings is 3. The molecular weight excluding hydrogens is 534 g/mol. The van der Waals surface area contributed by atoms with Gasteiger partial charge in [-0.15, -0.1) is 11.3 Å². The summed E-state index contributed by atoms with van der Waals surface area (Å²) in [6, 6.07) is 26.5. The van der Waals surface area contributed by atoms with Crippen molar-refractivity contribution in [2.24, 2.45) is 0 Å². The first kappa shape index (κ1) is 25.8. The van der Waals surface area contributed by atoms with E-state index in [1.807, 2.05) is 44.2 Å². The molecule has 0 saturated carbocycles. The number of hydrogen-bond acceptors (Lipinski definition) is 5. The molecule has 0 aliphatic carbocycles. The van der Waals surface area contributed by atoms with Crippen molar-refractivity contribution in [1.29, 1.82) is 0 Å². The van der Waals surface area contributed by atoms with E-state index in [1.54, 1.807) is 60.7 Å². The van der Waals surface area contributed by atoms with E-state index in [-0.39, 0.29) is 0 Å². The summed E-state index contributed by atoms with van der Waals surface area (Å²) in [7, 11) is -9.21. The minimum Gasteiger partial charge on any atom is -0.199 e. The zero-order valence-electron chi connectivity index (χ0n) is 18.7. The van der Waals surface area contributed by atoms with Crippen LogP contribution in [-0.2, 0) is 13.7 Å². The SMILES string of the molecule is Cc1ccc(S(OS(=O)(=O)C(F)(F)F)(c2ccc(C)cc2)c2ccc(Sc3ccccc3)s2)cc1. The monoisotopic (exact) mass is 554 g/mol. The Morgan fingerprint density at radius 3 is 1.74 bits per heavy atom. The van der Waals surface area contributed by atoms with Crippen LogP contribution < -0.4 is 0 Å². The van der Waals surface area contributed by atoms with Gasteiger partial charge in [0.2, 0.25) is 0 Å². The Balaban J connectivity index is 1.96. The van der Waals surface area contributed by atoms with E-state index in [1.165, 1.54) is 23.1 Å². The molecule has 10 heteroatoms. The van der Waals surface area contributed by atoms with Gasteiger partial charge in [0.15, 0.2) is 0 Å². The summed E-state index contributed by atoms with van der Waals surface area (Å²) in [5, 5.41) is 0. The molecule has 0 spiro atoms. The Hall–Kier alpha value is -2.24. The average molecular weight is 555 g/mol. The first-order valence-electron chi connectivity index (χ1n) is 10.3. The summed E-state index contributed by atoms with van der Waals surface area (Å²) in [6.45, 7) is 3.69. The summed E-state index contributed by atoms with van der Waals surface area (Å²) < 4.78 is 72.4. The normalized spacial score (nSPS) is 13.1. The highest BCUT2D eigenvalue weighted by atomic mass is 32.3. The Labute approximate surface area is 212 Å². The largest absolute Gasteiger partial charge is 0.524 e. The first-order valence-corrected chi connectivity index (χ1v) is 14.9. The van der Waals surface area contributed by atoms with Crippen LogP contribution in [0.4, 0.5) is 13.2 Å². The first-order chi connectivity index (χ1) is 16.5. The maximum absolute atomic E-state index is 13.6. The molecule has 0 fully saturated rings.